The van der Waals surface area contributed by atoms with Crippen LogP contribution in [0.2, 0.25) is 0 Å². The average Bonchev–Trinajstić information content (AvgIpc) is 4.00. The second kappa shape index (κ2) is 19.9. The van der Waals surface area contributed by atoms with E-state index in [4.69, 9.17) is 20.0 Å². The van der Waals surface area contributed by atoms with Gasteiger partial charge in [0.1, 0.15) is 0 Å². The van der Waals surface area contributed by atoms with Gasteiger partial charge in [0.2, 0.25) is 0 Å². The molecule has 0 unspecified atom stereocenters. The average molecular weight is 887 g/mol. The van der Waals surface area contributed by atoms with Gasteiger partial charge in [-0.15, -0.1) is 17.1 Å². The third kappa shape index (κ3) is 10.1. The number of allylic oxidation sites excluding steroid dienone is 4. The fourth-order valence-electron chi connectivity index (χ4n) is 8.52. The van der Waals surface area contributed by atoms with E-state index < -0.39 is 0 Å². The minimum Gasteiger partial charge on any atom is -0.661 e. The van der Waals surface area contributed by atoms with Crippen molar-refractivity contribution in [3.05, 3.63) is 221 Å². The first-order valence-corrected chi connectivity index (χ1v) is 21.7. The first-order chi connectivity index (χ1) is 30.1. The number of aromatic nitrogens is 2. The van der Waals surface area contributed by atoms with Gasteiger partial charge < -0.3 is 9.97 Å². The fraction of sp³-hybridized carbons (Fsp3) is 0.220. The van der Waals surface area contributed by atoms with Crippen molar-refractivity contribution in [1.82, 2.24) is 9.97 Å². The van der Waals surface area contributed by atoms with Crippen molar-refractivity contribution in [3.8, 4) is 23.7 Å². The zero-order chi connectivity index (χ0) is 45.1. The van der Waals surface area contributed by atoms with Crippen molar-refractivity contribution in [2.45, 2.75) is 90.0 Å². The van der Waals surface area contributed by atoms with Crippen LogP contribution in [0, 0.1) is 92.9 Å². The van der Waals surface area contributed by atoms with E-state index in [2.05, 4.69) is 189 Å². The van der Waals surface area contributed by atoms with E-state index in [1.807, 2.05) is 27.7 Å². The van der Waals surface area contributed by atoms with E-state index >= 15 is 0 Å². The quantitative estimate of drug-likeness (QED) is 0.131. The van der Waals surface area contributed by atoms with Gasteiger partial charge in [0, 0.05) is 22.4 Å². The molecule has 4 aromatic carbocycles. The van der Waals surface area contributed by atoms with Gasteiger partial charge in [-0.3, -0.25) is 9.98 Å². The van der Waals surface area contributed by atoms with E-state index in [0.29, 0.717) is 0 Å². The van der Waals surface area contributed by atoms with E-state index in [0.717, 1.165) is 90.1 Å². The van der Waals surface area contributed by atoms with Crippen molar-refractivity contribution in [3.63, 3.8) is 0 Å². The summed E-state index contributed by atoms with van der Waals surface area (Å²) in [6.07, 6.45) is 4.15. The predicted octanol–water partition coefficient (Wildman–Crippen LogP) is 13.2. The van der Waals surface area contributed by atoms with Crippen molar-refractivity contribution in [1.29, 1.82) is 0 Å². The molecule has 64 heavy (non-hydrogen) atoms. The number of rotatable bonds is 4. The van der Waals surface area contributed by atoms with Crippen LogP contribution < -0.4 is 9.97 Å². The Bertz CT molecular complexity index is 3060. The monoisotopic (exact) mass is 884 g/mol. The molecule has 4 heterocycles. The molecule has 0 amide bonds. The van der Waals surface area contributed by atoms with Gasteiger partial charge in [0.25, 0.3) is 0 Å². The predicted molar refractivity (Wildman–Crippen MR) is 266 cm³/mol. The molecular weight excluding hydrogens is 830 g/mol. The van der Waals surface area contributed by atoms with Gasteiger partial charge in [-0.1, -0.05) is 127 Å². The van der Waals surface area contributed by atoms with E-state index in [-0.39, 0.29) is 19.5 Å². The maximum atomic E-state index is 5.14. The maximum absolute atomic E-state index is 5.14. The minimum absolute atomic E-state index is 0. The van der Waals surface area contributed by atoms with Gasteiger partial charge in [0.05, 0.1) is 22.7 Å². The zero-order valence-corrected chi connectivity index (χ0v) is 42.8. The summed E-state index contributed by atoms with van der Waals surface area (Å²) in [5.41, 5.74) is 27.2. The summed E-state index contributed by atoms with van der Waals surface area (Å²) in [6, 6.07) is 31.7. The Morgan fingerprint density at radius 2 is 1.08 bits per heavy atom. The molecule has 2 aliphatic rings. The number of aryl methyl sites for hydroxylation is 9. The molecule has 0 saturated carbocycles. The van der Waals surface area contributed by atoms with Crippen LogP contribution in [0.25, 0.3) is 11.1 Å². The van der Waals surface area contributed by atoms with E-state index in [9.17, 15) is 0 Å². The number of aliphatic imine (C=N–C) groups is 2. The van der Waals surface area contributed by atoms with Gasteiger partial charge >= 0.3 is 19.5 Å². The number of hydrogen-bond acceptors (Lipinski definition) is 2. The molecule has 0 N–H and O–H groups in total. The SMILES string of the molecule is CC1=N/C(=C(\c2[n-]c(C)c(C#Cc3ccc(C)cc3)c2C)c2c(C)cccc2C)C(C)=C1C#Cc1ccc(C)cc1.CC1=N/C(=C(\c2ccc(C)[n-]2)c2c(C)cc(C)cc2C)C=C1.[Zn+2]. The first-order valence-electron chi connectivity index (χ1n) is 21.7. The molecule has 2 aromatic heterocycles. The molecule has 0 radical (unpaired) electrons. The van der Waals surface area contributed by atoms with E-state index in [1.54, 1.807) is 0 Å². The summed E-state index contributed by atoms with van der Waals surface area (Å²) in [5.74, 6) is 13.6. The molecule has 0 fully saturated rings. The molecule has 0 saturated heterocycles. The summed E-state index contributed by atoms with van der Waals surface area (Å²) in [5, 5.41) is 0. The molecule has 8 rings (SSSR count). The largest absolute Gasteiger partial charge is 2.00 e. The fourth-order valence-corrected chi connectivity index (χ4v) is 8.52. The Labute approximate surface area is 394 Å². The van der Waals surface area contributed by atoms with Crippen LogP contribution in [-0.2, 0) is 19.5 Å². The molecule has 5 heteroatoms. The second-order valence-corrected chi connectivity index (χ2v) is 17.1. The Hall–Kier alpha value is -6.52. The standard InChI is InChI=1S/C39H35N2.C20H21N2.Zn/c1-24-12-16-32(17-13-24)20-22-34-28(5)38(40-30(34)7)37(36-26(3)10-9-11-27(36)4)39-29(6)35(31(8)41-39)23-21-33-18-14-25(2)15-19-33;1-12-10-13(2)19(14(3)11-12)20(17-8-6-15(4)21-17)18-9-7-16(5)22-18;/h9-19H,1-8H3;6-11H,1-5H3;/q2*-1;+2/b38-37-;20-17+;. The van der Waals surface area contributed by atoms with Crippen LogP contribution >= 0.6 is 0 Å². The van der Waals surface area contributed by atoms with E-state index in [1.165, 1.54) is 50.1 Å². The van der Waals surface area contributed by atoms with Gasteiger partial charge in [-0.2, -0.15) is 5.69 Å². The maximum Gasteiger partial charge on any atom is 2.00 e. The van der Waals surface area contributed by atoms with Crippen LogP contribution in [0.15, 0.2) is 136 Å². The minimum atomic E-state index is 0. The van der Waals surface area contributed by atoms with Crippen molar-refractivity contribution < 1.29 is 19.5 Å². The molecule has 0 aliphatic carbocycles. The topological polar surface area (TPSA) is 52.9 Å². The smallest absolute Gasteiger partial charge is 0.661 e. The Kier molecular flexibility index (Phi) is 14.6. The van der Waals surface area contributed by atoms with Crippen LogP contribution in [0.1, 0.15) is 116 Å². The molecule has 2 aliphatic heterocycles. The van der Waals surface area contributed by atoms with Crippen LogP contribution in [-0.4, -0.2) is 11.4 Å². The van der Waals surface area contributed by atoms with Gasteiger partial charge in [-0.25, -0.2) is 0 Å². The summed E-state index contributed by atoms with van der Waals surface area (Å²) in [7, 11) is 0. The van der Waals surface area contributed by atoms with Crippen LogP contribution in [0.4, 0.5) is 0 Å². The Balaban J connectivity index is 0.000000249. The van der Waals surface area contributed by atoms with Crippen LogP contribution in [0.5, 0.6) is 0 Å². The van der Waals surface area contributed by atoms with Crippen LogP contribution in [0.3, 0.4) is 0 Å². The number of hydrogen-bond donors (Lipinski definition) is 0. The molecule has 6 aromatic rings. The van der Waals surface area contributed by atoms with Gasteiger partial charge in [-0.05, 0) is 163 Å². The third-order valence-corrected chi connectivity index (χ3v) is 11.7. The Morgan fingerprint density at radius 3 is 1.61 bits per heavy atom. The molecular formula is C59H56N4Zn. The van der Waals surface area contributed by atoms with Gasteiger partial charge in [0.15, 0.2) is 0 Å². The third-order valence-electron chi connectivity index (χ3n) is 11.7. The molecule has 0 spiro atoms. The Morgan fingerprint density at radius 1 is 0.516 bits per heavy atom. The van der Waals surface area contributed by atoms with Crippen molar-refractivity contribution in [2.24, 2.45) is 9.98 Å². The molecule has 4 nitrogen and oxygen atoms in total. The van der Waals surface area contributed by atoms with Crippen molar-refractivity contribution in [2.75, 3.05) is 0 Å². The molecule has 0 bridgehead atoms. The summed E-state index contributed by atoms with van der Waals surface area (Å²) < 4.78 is 0. The summed E-state index contributed by atoms with van der Waals surface area (Å²) in [6.45, 7) is 27.4. The summed E-state index contributed by atoms with van der Waals surface area (Å²) >= 11 is 0. The summed E-state index contributed by atoms with van der Waals surface area (Å²) in [4.78, 5) is 19.7. The van der Waals surface area contributed by atoms with Crippen molar-refractivity contribution >= 4 is 22.6 Å². The molecule has 314 valence electrons. The first kappa shape index (κ1) is 47.0. The number of benzene rings is 4. The zero-order valence-electron chi connectivity index (χ0n) is 39.8. The normalized spacial score (nSPS) is 14.4. The number of nitrogens with zero attached hydrogens (tertiary/aromatic N) is 4. The molecule has 0 atom stereocenters. The second-order valence-electron chi connectivity index (χ2n) is 17.1.